The van der Waals surface area contributed by atoms with E-state index in [9.17, 15) is 4.79 Å². The highest BCUT2D eigenvalue weighted by molar-refractivity contribution is 5.75. The van der Waals surface area contributed by atoms with E-state index in [-0.39, 0.29) is 23.5 Å². The number of hydrogen-bond acceptors (Lipinski definition) is 3. The van der Waals surface area contributed by atoms with Crippen LogP contribution in [0.3, 0.4) is 0 Å². The van der Waals surface area contributed by atoms with Gasteiger partial charge in [0.2, 0.25) is 0 Å². The van der Waals surface area contributed by atoms with E-state index in [4.69, 9.17) is 4.74 Å². The summed E-state index contributed by atoms with van der Waals surface area (Å²) in [6.07, 6.45) is 8.13. The molecular weight excluding hydrogens is 292 g/mol. The first-order valence-corrected chi connectivity index (χ1v) is 8.77. The molecule has 6 heteroatoms. The Morgan fingerprint density at radius 1 is 1.43 bits per heavy atom. The highest BCUT2D eigenvalue weighted by Gasteiger charge is 2.60. The second-order valence-electron chi connectivity index (χ2n) is 7.67. The molecule has 0 spiro atoms. The van der Waals surface area contributed by atoms with Crippen LogP contribution < -0.4 is 5.32 Å². The minimum absolute atomic E-state index is 0.0206. The minimum atomic E-state index is 0.0206. The first-order valence-electron chi connectivity index (χ1n) is 8.77. The Bertz CT molecular complexity index is 571. The number of piperidine rings is 1. The Morgan fingerprint density at radius 2 is 2.30 bits per heavy atom. The number of imidazole rings is 1. The van der Waals surface area contributed by atoms with Gasteiger partial charge in [0, 0.05) is 42.9 Å². The molecule has 3 fully saturated rings. The molecular formula is C17H26N4O2. The average molecular weight is 318 g/mol. The summed E-state index contributed by atoms with van der Waals surface area (Å²) < 4.78 is 5.82. The van der Waals surface area contributed by atoms with Crippen LogP contribution in [0.4, 0.5) is 4.79 Å². The van der Waals surface area contributed by atoms with E-state index in [0.717, 1.165) is 44.7 Å². The first kappa shape index (κ1) is 15.0. The molecule has 0 aromatic carbocycles. The Kier molecular flexibility index (Phi) is 3.59. The van der Waals surface area contributed by atoms with E-state index < -0.39 is 0 Å². The molecule has 1 aromatic heterocycles. The van der Waals surface area contributed by atoms with Crippen molar-refractivity contribution in [1.29, 1.82) is 0 Å². The zero-order chi connectivity index (χ0) is 16.0. The van der Waals surface area contributed by atoms with Crippen LogP contribution in [0, 0.1) is 11.3 Å². The Balaban J connectivity index is 1.47. The smallest absolute Gasteiger partial charge is 0.318 e. The maximum absolute atomic E-state index is 12.9. The number of fused-ring (bicyclic) bond motifs is 1. The standard InChI is InChI=1S/C17H26N4O2/c1-17(2)13(11-6-10-23-14(11)17)20-16(22)21-9-4-3-5-12(21)15-18-7-8-19-15/h7-8,11-14H,3-6,9-10H2,1-2H3,(H,18,19)(H,20,22)/t11-,12-,13-,14+/m1/s1. The molecule has 2 amide bonds. The molecule has 6 nitrogen and oxygen atoms in total. The number of aromatic nitrogens is 2. The largest absolute Gasteiger partial charge is 0.377 e. The summed E-state index contributed by atoms with van der Waals surface area (Å²) in [6, 6.07) is 0.328. The zero-order valence-electron chi connectivity index (χ0n) is 13.9. The molecule has 3 heterocycles. The number of nitrogens with one attached hydrogen (secondary N) is 2. The second kappa shape index (κ2) is 5.51. The van der Waals surface area contributed by atoms with Crippen molar-refractivity contribution in [1.82, 2.24) is 20.2 Å². The summed E-state index contributed by atoms with van der Waals surface area (Å²) in [5, 5.41) is 3.31. The van der Waals surface area contributed by atoms with Gasteiger partial charge in [-0.15, -0.1) is 0 Å². The van der Waals surface area contributed by atoms with Crippen molar-refractivity contribution in [2.24, 2.45) is 11.3 Å². The van der Waals surface area contributed by atoms with Gasteiger partial charge in [-0.2, -0.15) is 0 Å². The molecule has 0 bridgehead atoms. The Morgan fingerprint density at radius 3 is 3.09 bits per heavy atom. The number of H-pyrrole nitrogens is 1. The molecule has 2 aliphatic heterocycles. The van der Waals surface area contributed by atoms with Crippen molar-refractivity contribution in [2.75, 3.05) is 13.2 Å². The van der Waals surface area contributed by atoms with Gasteiger partial charge in [-0.3, -0.25) is 0 Å². The summed E-state index contributed by atoms with van der Waals surface area (Å²) in [7, 11) is 0. The van der Waals surface area contributed by atoms with Crippen LogP contribution in [0.15, 0.2) is 12.4 Å². The van der Waals surface area contributed by atoms with Gasteiger partial charge in [-0.05, 0) is 25.7 Å². The highest BCUT2D eigenvalue weighted by atomic mass is 16.5. The van der Waals surface area contributed by atoms with E-state index in [1.807, 2.05) is 11.1 Å². The van der Waals surface area contributed by atoms with Crippen molar-refractivity contribution in [3.63, 3.8) is 0 Å². The maximum atomic E-state index is 12.9. The second-order valence-corrected chi connectivity index (χ2v) is 7.67. The van der Waals surface area contributed by atoms with E-state index in [0.29, 0.717) is 12.0 Å². The van der Waals surface area contributed by atoms with E-state index >= 15 is 0 Å². The quantitative estimate of drug-likeness (QED) is 0.880. The van der Waals surface area contributed by atoms with Crippen LogP contribution >= 0.6 is 0 Å². The van der Waals surface area contributed by atoms with Crippen LogP contribution in [-0.2, 0) is 4.74 Å². The Hall–Kier alpha value is -1.56. The predicted molar refractivity (Wildman–Crippen MR) is 85.8 cm³/mol. The lowest BCUT2D eigenvalue weighted by Crippen LogP contribution is -2.68. The molecule has 2 saturated heterocycles. The number of aromatic amines is 1. The number of amides is 2. The molecule has 2 N–H and O–H groups in total. The molecule has 4 rings (SSSR count). The molecule has 4 atom stereocenters. The number of carbonyl (C=O) groups is 1. The van der Waals surface area contributed by atoms with Gasteiger partial charge in [0.25, 0.3) is 0 Å². The third-order valence-corrected chi connectivity index (χ3v) is 5.98. The topological polar surface area (TPSA) is 70.2 Å². The fraction of sp³-hybridized carbons (Fsp3) is 0.765. The fourth-order valence-corrected chi connectivity index (χ4v) is 4.75. The van der Waals surface area contributed by atoms with Crippen molar-refractivity contribution in [3.05, 3.63) is 18.2 Å². The SMILES string of the molecule is CC1(C)[C@H](NC(=O)N2CCCC[C@@H]2c2ncc[nH]2)[C@H]2CCO[C@@H]21. The number of carbonyl (C=O) groups excluding carboxylic acids is 1. The molecule has 126 valence electrons. The van der Waals surface area contributed by atoms with Gasteiger partial charge < -0.3 is 19.9 Å². The molecule has 0 unspecified atom stereocenters. The lowest BCUT2D eigenvalue weighted by Gasteiger charge is -2.55. The summed E-state index contributed by atoms with van der Waals surface area (Å²) in [5.41, 5.74) is 0.0206. The monoisotopic (exact) mass is 318 g/mol. The number of likely N-dealkylation sites (tertiary alicyclic amines) is 1. The van der Waals surface area contributed by atoms with Gasteiger partial charge in [-0.1, -0.05) is 13.8 Å². The first-order chi connectivity index (χ1) is 11.1. The molecule has 1 saturated carbocycles. The number of nitrogens with zero attached hydrogens (tertiary/aromatic N) is 2. The van der Waals surface area contributed by atoms with Crippen LogP contribution in [0.5, 0.6) is 0 Å². The molecule has 23 heavy (non-hydrogen) atoms. The van der Waals surface area contributed by atoms with Gasteiger partial charge in [-0.25, -0.2) is 9.78 Å². The highest BCUT2D eigenvalue weighted by Crippen LogP contribution is 2.52. The van der Waals surface area contributed by atoms with Crippen LogP contribution in [0.25, 0.3) is 0 Å². The molecule has 1 aliphatic carbocycles. The van der Waals surface area contributed by atoms with Crippen LogP contribution in [0.1, 0.15) is 51.4 Å². The summed E-state index contributed by atoms with van der Waals surface area (Å²) in [6.45, 7) is 6.02. The summed E-state index contributed by atoms with van der Waals surface area (Å²) in [4.78, 5) is 22.4. The van der Waals surface area contributed by atoms with Gasteiger partial charge in [0.15, 0.2) is 0 Å². The number of hydrogen-bond donors (Lipinski definition) is 2. The lowest BCUT2D eigenvalue weighted by atomic mass is 9.57. The number of ether oxygens (including phenoxy) is 1. The third kappa shape index (κ3) is 2.35. The number of rotatable bonds is 2. The van der Waals surface area contributed by atoms with E-state index in [1.54, 1.807) is 6.20 Å². The summed E-state index contributed by atoms with van der Waals surface area (Å²) >= 11 is 0. The van der Waals surface area contributed by atoms with E-state index in [2.05, 4.69) is 29.1 Å². The maximum Gasteiger partial charge on any atom is 0.318 e. The predicted octanol–water partition coefficient (Wildman–Crippen LogP) is 2.46. The van der Waals surface area contributed by atoms with Crippen molar-refractivity contribution < 1.29 is 9.53 Å². The molecule has 1 aromatic rings. The number of urea groups is 1. The third-order valence-electron chi connectivity index (χ3n) is 5.98. The molecule has 0 radical (unpaired) electrons. The van der Waals surface area contributed by atoms with Crippen molar-refractivity contribution >= 4 is 6.03 Å². The normalized spacial score (nSPS) is 35.5. The lowest BCUT2D eigenvalue weighted by molar-refractivity contribution is -0.109. The van der Waals surface area contributed by atoms with Crippen LogP contribution in [-0.4, -0.2) is 46.2 Å². The Labute approximate surface area is 137 Å². The van der Waals surface area contributed by atoms with Crippen molar-refractivity contribution in [3.8, 4) is 0 Å². The zero-order valence-corrected chi connectivity index (χ0v) is 13.9. The average Bonchev–Trinajstić information content (AvgIpc) is 3.22. The van der Waals surface area contributed by atoms with Gasteiger partial charge in [0.05, 0.1) is 12.1 Å². The summed E-state index contributed by atoms with van der Waals surface area (Å²) in [5.74, 6) is 1.37. The van der Waals surface area contributed by atoms with Gasteiger partial charge >= 0.3 is 6.03 Å². The van der Waals surface area contributed by atoms with Crippen molar-refractivity contribution in [2.45, 2.75) is 57.7 Å². The van der Waals surface area contributed by atoms with Gasteiger partial charge in [0.1, 0.15) is 5.82 Å². The molecule has 3 aliphatic rings. The van der Waals surface area contributed by atoms with E-state index in [1.165, 1.54) is 0 Å². The van der Waals surface area contributed by atoms with Crippen LogP contribution in [0.2, 0.25) is 0 Å². The minimum Gasteiger partial charge on any atom is -0.377 e. The fourth-order valence-electron chi connectivity index (χ4n) is 4.75.